The van der Waals surface area contributed by atoms with Gasteiger partial charge in [0.25, 0.3) is 0 Å². The molecule has 8 heteroatoms. The van der Waals surface area contributed by atoms with Gasteiger partial charge in [-0.2, -0.15) is 0 Å². The molecule has 0 saturated heterocycles. The first-order valence-corrected chi connectivity index (χ1v) is 12.6. The quantitative estimate of drug-likeness (QED) is 0.287. The highest BCUT2D eigenvalue weighted by Gasteiger charge is 2.34. The number of rotatable bonds is 7. The van der Waals surface area contributed by atoms with E-state index in [4.69, 9.17) is 4.74 Å². The van der Waals surface area contributed by atoms with E-state index in [1.54, 1.807) is 29.4 Å². The lowest BCUT2D eigenvalue weighted by molar-refractivity contribution is 0.144. The molecule has 0 aliphatic heterocycles. The van der Waals surface area contributed by atoms with Crippen LogP contribution in [0.3, 0.4) is 0 Å². The van der Waals surface area contributed by atoms with E-state index in [0.717, 1.165) is 46.3 Å². The highest BCUT2D eigenvalue weighted by molar-refractivity contribution is 9.10. The molecule has 1 amide bonds. The van der Waals surface area contributed by atoms with Gasteiger partial charge in [-0.1, -0.05) is 30.3 Å². The summed E-state index contributed by atoms with van der Waals surface area (Å²) in [6.07, 6.45) is 5.59. The molecule has 2 aliphatic rings. The van der Waals surface area contributed by atoms with Crippen LogP contribution in [0.5, 0.6) is 5.88 Å². The summed E-state index contributed by atoms with van der Waals surface area (Å²) in [5.74, 6) is 1.18. The predicted molar refractivity (Wildman–Crippen MR) is 138 cm³/mol. The van der Waals surface area contributed by atoms with Crippen molar-refractivity contribution in [3.63, 3.8) is 0 Å². The van der Waals surface area contributed by atoms with Gasteiger partial charge in [-0.05, 0) is 82.6 Å². The fraction of sp³-hybridized carbons (Fsp3) is 0.259. The van der Waals surface area contributed by atoms with E-state index in [9.17, 15) is 4.79 Å². The number of pyridine rings is 1. The lowest BCUT2D eigenvalue weighted by Crippen LogP contribution is -2.35. The van der Waals surface area contributed by atoms with E-state index in [0.29, 0.717) is 17.2 Å². The third-order valence-corrected chi connectivity index (χ3v) is 6.71. The standard InChI is InChI=1S/C27H24BrN5O2/c28-24-5-2-6-25(32-24)35-27(34)33(21-10-11-21)15-17-3-1-4-18(13-17)19-7-12-23-22(14-19)26(30-16-29-23)31-20-8-9-20/h1-7,12-14,16,20-21H,8-11,15H2,(H,29,30,31). The van der Waals surface area contributed by atoms with Crippen LogP contribution in [0.25, 0.3) is 22.0 Å². The van der Waals surface area contributed by atoms with Crippen molar-refractivity contribution in [3.8, 4) is 17.0 Å². The summed E-state index contributed by atoms with van der Waals surface area (Å²) in [5, 5.41) is 4.53. The van der Waals surface area contributed by atoms with Crippen LogP contribution in [0.2, 0.25) is 0 Å². The van der Waals surface area contributed by atoms with Crippen LogP contribution in [0.4, 0.5) is 10.6 Å². The topological polar surface area (TPSA) is 80.2 Å². The zero-order chi connectivity index (χ0) is 23.8. The minimum Gasteiger partial charge on any atom is -0.391 e. The fourth-order valence-electron chi connectivity index (χ4n) is 4.14. The molecule has 2 heterocycles. The van der Waals surface area contributed by atoms with Gasteiger partial charge >= 0.3 is 6.09 Å². The van der Waals surface area contributed by atoms with Crippen LogP contribution in [-0.4, -0.2) is 38.0 Å². The molecule has 2 fully saturated rings. The first-order chi connectivity index (χ1) is 17.1. The lowest BCUT2D eigenvalue weighted by atomic mass is 10.0. The molecule has 2 aromatic carbocycles. The summed E-state index contributed by atoms with van der Waals surface area (Å²) in [5.41, 5.74) is 4.15. The molecule has 0 unspecified atom stereocenters. The Labute approximate surface area is 211 Å². The van der Waals surface area contributed by atoms with E-state index >= 15 is 0 Å². The number of nitrogens with one attached hydrogen (secondary N) is 1. The predicted octanol–water partition coefficient (Wildman–Crippen LogP) is 6.19. The first-order valence-electron chi connectivity index (χ1n) is 11.8. The molecule has 0 atom stereocenters. The lowest BCUT2D eigenvalue weighted by Gasteiger charge is -2.22. The monoisotopic (exact) mass is 529 g/mol. The van der Waals surface area contributed by atoms with E-state index in [2.05, 4.69) is 60.5 Å². The number of fused-ring (bicyclic) bond motifs is 1. The summed E-state index contributed by atoms with van der Waals surface area (Å²) < 4.78 is 6.20. The Bertz CT molecular complexity index is 1400. The van der Waals surface area contributed by atoms with E-state index in [1.165, 1.54) is 12.8 Å². The van der Waals surface area contributed by atoms with Crippen molar-refractivity contribution in [2.24, 2.45) is 0 Å². The molecule has 0 bridgehead atoms. The molecule has 2 saturated carbocycles. The van der Waals surface area contributed by atoms with Gasteiger partial charge in [0.15, 0.2) is 0 Å². The normalized spacial score (nSPS) is 15.1. The highest BCUT2D eigenvalue weighted by atomic mass is 79.9. The van der Waals surface area contributed by atoms with Crippen LogP contribution >= 0.6 is 15.9 Å². The van der Waals surface area contributed by atoms with E-state index in [-0.39, 0.29) is 18.0 Å². The maximum absolute atomic E-state index is 13.0. The van der Waals surface area contributed by atoms with Crippen molar-refractivity contribution in [3.05, 3.63) is 77.2 Å². The number of anilines is 1. The average molecular weight is 530 g/mol. The molecule has 0 radical (unpaired) electrons. The van der Waals surface area contributed by atoms with Crippen LogP contribution < -0.4 is 10.1 Å². The number of nitrogens with zero attached hydrogens (tertiary/aromatic N) is 4. The molecular weight excluding hydrogens is 506 g/mol. The van der Waals surface area contributed by atoms with Gasteiger partial charge in [-0.15, -0.1) is 0 Å². The number of halogens is 1. The Kier molecular flexibility index (Phi) is 5.82. The Hall–Kier alpha value is -3.52. The number of aromatic nitrogens is 3. The summed E-state index contributed by atoms with van der Waals surface area (Å²) >= 11 is 3.32. The van der Waals surface area contributed by atoms with Gasteiger partial charge in [-0.25, -0.2) is 19.7 Å². The van der Waals surface area contributed by atoms with Gasteiger partial charge in [0, 0.05) is 30.1 Å². The number of amides is 1. The maximum Gasteiger partial charge on any atom is 0.417 e. The van der Waals surface area contributed by atoms with Gasteiger partial charge in [0.2, 0.25) is 5.88 Å². The third kappa shape index (κ3) is 5.12. The average Bonchev–Trinajstić information content (AvgIpc) is 3.78. The molecule has 7 nitrogen and oxygen atoms in total. The second-order valence-electron chi connectivity index (χ2n) is 9.10. The number of hydrogen-bond acceptors (Lipinski definition) is 6. The molecule has 35 heavy (non-hydrogen) atoms. The number of ether oxygens (including phenoxy) is 1. The first kappa shape index (κ1) is 22.0. The van der Waals surface area contributed by atoms with Gasteiger partial charge in [-0.3, -0.25) is 0 Å². The molecule has 0 spiro atoms. The summed E-state index contributed by atoms with van der Waals surface area (Å²) in [6, 6.07) is 20.6. The van der Waals surface area contributed by atoms with Crippen molar-refractivity contribution < 1.29 is 9.53 Å². The molecule has 176 valence electrons. The van der Waals surface area contributed by atoms with Crippen LogP contribution in [-0.2, 0) is 6.54 Å². The number of benzene rings is 2. The Morgan fingerprint density at radius 3 is 2.63 bits per heavy atom. The van der Waals surface area contributed by atoms with Crippen LogP contribution in [0.1, 0.15) is 31.2 Å². The van der Waals surface area contributed by atoms with Gasteiger partial charge in [0.1, 0.15) is 16.7 Å². The van der Waals surface area contributed by atoms with Crippen molar-refractivity contribution in [1.29, 1.82) is 0 Å². The van der Waals surface area contributed by atoms with Crippen molar-refractivity contribution >= 4 is 38.7 Å². The van der Waals surface area contributed by atoms with Crippen LogP contribution in [0, 0.1) is 0 Å². The smallest absolute Gasteiger partial charge is 0.391 e. The number of hydrogen-bond donors (Lipinski definition) is 1. The second kappa shape index (κ2) is 9.26. The third-order valence-electron chi connectivity index (χ3n) is 6.27. The number of carbonyl (C=O) groups excluding carboxylic acids is 1. The van der Waals surface area contributed by atoms with Crippen LogP contribution in [0.15, 0.2) is 71.6 Å². The number of carbonyl (C=O) groups is 1. The molecular formula is C27H24BrN5O2. The summed E-state index contributed by atoms with van der Waals surface area (Å²) in [7, 11) is 0. The largest absolute Gasteiger partial charge is 0.417 e. The van der Waals surface area contributed by atoms with E-state index < -0.39 is 0 Å². The summed E-state index contributed by atoms with van der Waals surface area (Å²) in [4.78, 5) is 27.9. The Morgan fingerprint density at radius 1 is 1.00 bits per heavy atom. The minimum absolute atomic E-state index is 0.201. The van der Waals surface area contributed by atoms with Crippen molar-refractivity contribution in [2.75, 3.05) is 5.32 Å². The van der Waals surface area contributed by atoms with Crippen molar-refractivity contribution in [2.45, 2.75) is 44.3 Å². The maximum atomic E-state index is 13.0. The SMILES string of the molecule is O=C(Oc1cccc(Br)n1)N(Cc1cccc(-c2ccc3ncnc(NC4CC4)c3c2)c1)C1CC1. The molecule has 6 rings (SSSR count). The minimum atomic E-state index is -0.373. The summed E-state index contributed by atoms with van der Waals surface area (Å²) in [6.45, 7) is 0.483. The Balaban J connectivity index is 1.24. The van der Waals surface area contributed by atoms with E-state index in [1.807, 2.05) is 18.2 Å². The molecule has 2 aromatic heterocycles. The fourth-order valence-corrected chi connectivity index (χ4v) is 4.47. The highest BCUT2D eigenvalue weighted by Crippen LogP contribution is 2.32. The van der Waals surface area contributed by atoms with Crippen molar-refractivity contribution in [1.82, 2.24) is 19.9 Å². The molecule has 2 aliphatic carbocycles. The molecule has 1 N–H and O–H groups in total. The second-order valence-corrected chi connectivity index (χ2v) is 9.91. The zero-order valence-corrected chi connectivity index (χ0v) is 20.6. The Morgan fingerprint density at radius 2 is 1.83 bits per heavy atom. The van der Waals surface area contributed by atoms with Gasteiger partial charge < -0.3 is 15.0 Å². The molecule has 4 aromatic rings. The zero-order valence-electron chi connectivity index (χ0n) is 19.0. The van der Waals surface area contributed by atoms with Gasteiger partial charge in [0.05, 0.1) is 5.52 Å².